The van der Waals surface area contributed by atoms with Crippen molar-refractivity contribution in [3.8, 4) is 0 Å². The van der Waals surface area contributed by atoms with E-state index in [0.717, 1.165) is 6.54 Å². The predicted molar refractivity (Wildman–Crippen MR) is 106 cm³/mol. The maximum Gasteiger partial charge on any atom is 0.408 e. The molecule has 1 aromatic heterocycles. The standard InChI is InChI=1S/C18H32N4O2S/c1-13(14-8-9-25-11-14)10-20-15(19-7)21-12-18(5,6)22-16(23)24-17(2,3)4/h8-9,11,13H,10,12H2,1-7H3,(H,22,23)(H2,19,20,21). The first-order valence-corrected chi connectivity index (χ1v) is 9.44. The Labute approximate surface area is 155 Å². The summed E-state index contributed by atoms with van der Waals surface area (Å²) in [6.45, 7) is 12.9. The summed E-state index contributed by atoms with van der Waals surface area (Å²) < 4.78 is 5.30. The van der Waals surface area contributed by atoms with Crippen LogP contribution in [0.1, 0.15) is 53.0 Å². The second kappa shape index (κ2) is 9.08. The van der Waals surface area contributed by atoms with Gasteiger partial charge in [-0.1, -0.05) is 6.92 Å². The van der Waals surface area contributed by atoms with E-state index < -0.39 is 17.2 Å². The molecule has 0 radical (unpaired) electrons. The number of nitrogens with one attached hydrogen (secondary N) is 3. The van der Waals surface area contributed by atoms with E-state index >= 15 is 0 Å². The lowest BCUT2D eigenvalue weighted by Crippen LogP contribution is -2.54. The minimum atomic E-state index is -0.511. The lowest BCUT2D eigenvalue weighted by atomic mass is 10.1. The summed E-state index contributed by atoms with van der Waals surface area (Å²) in [4.78, 5) is 16.2. The van der Waals surface area contributed by atoms with Crippen LogP contribution in [0.25, 0.3) is 0 Å². The van der Waals surface area contributed by atoms with Crippen molar-refractivity contribution in [2.75, 3.05) is 20.1 Å². The molecule has 3 N–H and O–H groups in total. The molecule has 6 nitrogen and oxygen atoms in total. The van der Waals surface area contributed by atoms with E-state index in [9.17, 15) is 4.79 Å². The molecule has 1 rings (SSSR count). The molecule has 0 bridgehead atoms. The number of carbonyl (C=O) groups excluding carboxylic acids is 1. The first kappa shape index (κ1) is 21.3. The van der Waals surface area contributed by atoms with Crippen molar-refractivity contribution in [2.45, 2.75) is 58.6 Å². The molecule has 7 heteroatoms. The van der Waals surface area contributed by atoms with Crippen LogP contribution < -0.4 is 16.0 Å². The summed E-state index contributed by atoms with van der Waals surface area (Å²) in [6, 6.07) is 2.14. The fraction of sp³-hybridized carbons (Fsp3) is 0.667. The summed E-state index contributed by atoms with van der Waals surface area (Å²) in [6.07, 6.45) is -0.423. The van der Waals surface area contributed by atoms with E-state index in [1.54, 1.807) is 18.4 Å². The van der Waals surface area contributed by atoms with Crippen molar-refractivity contribution in [3.63, 3.8) is 0 Å². The van der Waals surface area contributed by atoms with Gasteiger partial charge in [-0.25, -0.2) is 4.79 Å². The average Bonchev–Trinajstić information content (AvgIpc) is 2.98. The van der Waals surface area contributed by atoms with E-state index in [-0.39, 0.29) is 0 Å². The molecule has 25 heavy (non-hydrogen) atoms. The van der Waals surface area contributed by atoms with E-state index in [4.69, 9.17) is 4.74 Å². The Morgan fingerprint density at radius 1 is 1.28 bits per heavy atom. The molecule has 1 aromatic rings. The Morgan fingerprint density at radius 2 is 1.96 bits per heavy atom. The number of carbonyl (C=O) groups is 1. The average molecular weight is 369 g/mol. The van der Waals surface area contributed by atoms with Crippen molar-refractivity contribution in [3.05, 3.63) is 22.4 Å². The Kier molecular flexibility index (Phi) is 7.73. The highest BCUT2D eigenvalue weighted by Crippen LogP contribution is 2.17. The number of amides is 1. The van der Waals surface area contributed by atoms with Gasteiger partial charge in [0.15, 0.2) is 5.96 Å². The van der Waals surface area contributed by atoms with Gasteiger partial charge in [0, 0.05) is 20.1 Å². The molecule has 1 heterocycles. The van der Waals surface area contributed by atoms with Gasteiger partial charge in [0.25, 0.3) is 0 Å². The lowest BCUT2D eigenvalue weighted by Gasteiger charge is -2.29. The molecule has 1 unspecified atom stereocenters. The number of alkyl carbamates (subject to hydrolysis) is 1. The van der Waals surface area contributed by atoms with Gasteiger partial charge < -0.3 is 20.7 Å². The molecule has 1 atom stereocenters. The van der Waals surface area contributed by atoms with Crippen LogP contribution in [0.5, 0.6) is 0 Å². The van der Waals surface area contributed by atoms with Gasteiger partial charge in [0.2, 0.25) is 0 Å². The zero-order valence-corrected chi connectivity index (χ0v) is 17.2. The third kappa shape index (κ3) is 8.77. The van der Waals surface area contributed by atoms with Crippen molar-refractivity contribution in [2.24, 2.45) is 4.99 Å². The Hall–Kier alpha value is -1.76. The predicted octanol–water partition coefficient (Wildman–Crippen LogP) is 3.32. The Morgan fingerprint density at radius 3 is 2.48 bits per heavy atom. The highest BCUT2D eigenvalue weighted by Gasteiger charge is 2.24. The van der Waals surface area contributed by atoms with Crippen molar-refractivity contribution in [1.29, 1.82) is 0 Å². The SMILES string of the molecule is CN=C(NCC(C)c1ccsc1)NCC(C)(C)NC(=O)OC(C)(C)C. The van der Waals surface area contributed by atoms with Crippen LogP contribution in [0.15, 0.2) is 21.8 Å². The van der Waals surface area contributed by atoms with Crippen molar-refractivity contribution in [1.82, 2.24) is 16.0 Å². The molecule has 1 amide bonds. The molecule has 0 aromatic carbocycles. The number of nitrogens with zero attached hydrogens (tertiary/aromatic N) is 1. The molecule has 0 fully saturated rings. The van der Waals surface area contributed by atoms with Gasteiger partial charge in [-0.2, -0.15) is 11.3 Å². The van der Waals surface area contributed by atoms with Crippen LogP contribution in [-0.4, -0.2) is 43.3 Å². The van der Waals surface area contributed by atoms with Crippen LogP contribution in [0.4, 0.5) is 4.79 Å². The minimum Gasteiger partial charge on any atom is -0.444 e. The summed E-state index contributed by atoms with van der Waals surface area (Å²) in [5.74, 6) is 1.11. The van der Waals surface area contributed by atoms with Gasteiger partial charge in [-0.15, -0.1) is 0 Å². The second-order valence-corrected chi connectivity index (χ2v) is 8.56. The maximum atomic E-state index is 11.9. The van der Waals surface area contributed by atoms with E-state index in [1.165, 1.54) is 5.56 Å². The normalized spacial score (nSPS) is 14.0. The van der Waals surface area contributed by atoms with Crippen LogP contribution in [0.3, 0.4) is 0 Å². The van der Waals surface area contributed by atoms with Crippen LogP contribution in [-0.2, 0) is 4.74 Å². The summed E-state index contributed by atoms with van der Waals surface area (Å²) >= 11 is 1.71. The monoisotopic (exact) mass is 368 g/mol. The smallest absolute Gasteiger partial charge is 0.408 e. The molecule has 0 spiro atoms. The van der Waals surface area contributed by atoms with Crippen LogP contribution in [0.2, 0.25) is 0 Å². The number of guanidine groups is 1. The molecule has 0 aliphatic carbocycles. The highest BCUT2D eigenvalue weighted by molar-refractivity contribution is 7.07. The zero-order chi connectivity index (χ0) is 19.1. The van der Waals surface area contributed by atoms with Gasteiger partial charge in [-0.3, -0.25) is 4.99 Å². The number of hydrogen-bond acceptors (Lipinski definition) is 4. The molecule has 142 valence electrons. The molecule has 0 saturated carbocycles. The largest absolute Gasteiger partial charge is 0.444 e. The quantitative estimate of drug-likeness (QED) is 0.532. The van der Waals surface area contributed by atoms with Gasteiger partial charge >= 0.3 is 6.09 Å². The number of rotatable bonds is 6. The molecule has 0 saturated heterocycles. The van der Waals surface area contributed by atoms with E-state index in [1.807, 2.05) is 34.6 Å². The third-order valence-corrected chi connectivity index (χ3v) is 4.15. The maximum absolute atomic E-state index is 11.9. The van der Waals surface area contributed by atoms with Gasteiger partial charge in [-0.05, 0) is 62.9 Å². The van der Waals surface area contributed by atoms with Crippen LogP contribution in [0, 0.1) is 0 Å². The number of hydrogen-bond donors (Lipinski definition) is 3. The first-order chi connectivity index (χ1) is 11.5. The number of ether oxygens (including phenoxy) is 1. The molecular formula is C18H32N4O2S. The molecule has 0 aliphatic rings. The summed E-state index contributed by atoms with van der Waals surface area (Å²) in [5, 5.41) is 13.7. The summed E-state index contributed by atoms with van der Waals surface area (Å²) in [7, 11) is 1.74. The minimum absolute atomic E-state index is 0.401. The highest BCUT2D eigenvalue weighted by atomic mass is 32.1. The van der Waals surface area contributed by atoms with Crippen LogP contribution >= 0.6 is 11.3 Å². The number of thiophene rings is 1. The zero-order valence-electron chi connectivity index (χ0n) is 16.4. The topological polar surface area (TPSA) is 74.8 Å². The van der Waals surface area contributed by atoms with E-state index in [2.05, 4.69) is 44.7 Å². The second-order valence-electron chi connectivity index (χ2n) is 7.78. The first-order valence-electron chi connectivity index (χ1n) is 8.50. The van der Waals surface area contributed by atoms with Crippen molar-refractivity contribution >= 4 is 23.4 Å². The fourth-order valence-corrected chi connectivity index (χ4v) is 2.85. The van der Waals surface area contributed by atoms with Crippen molar-refractivity contribution < 1.29 is 9.53 Å². The lowest BCUT2D eigenvalue weighted by molar-refractivity contribution is 0.0474. The Balaban J connectivity index is 2.43. The van der Waals surface area contributed by atoms with Gasteiger partial charge in [0.05, 0.1) is 5.54 Å². The summed E-state index contributed by atoms with van der Waals surface area (Å²) in [5.41, 5.74) is 0.335. The van der Waals surface area contributed by atoms with Gasteiger partial charge in [0.1, 0.15) is 5.60 Å². The third-order valence-electron chi connectivity index (χ3n) is 3.45. The Bertz CT molecular complexity index is 562. The number of aliphatic imine (C=N–C) groups is 1. The molecule has 0 aliphatic heterocycles. The fourth-order valence-electron chi connectivity index (χ4n) is 2.07. The van der Waals surface area contributed by atoms with E-state index in [0.29, 0.717) is 18.4 Å². The molecular weight excluding hydrogens is 336 g/mol.